The first kappa shape index (κ1) is 39.5. The van der Waals surface area contributed by atoms with Crippen LogP contribution in [0.25, 0.3) is 0 Å². The van der Waals surface area contributed by atoms with Crippen molar-refractivity contribution in [1.82, 2.24) is 10.6 Å². The molecule has 1 aromatic rings. The standard InChI is InChI=1S/C41H60N2O4/c1-4-5-6-7-8-9-10-11-12-13-14-15-16-17-18-19-23-26-39(44)42-31-32-47-41(46)38(33-35-24-21-20-22-25-35)43-40(45)37-29-27-36(28-30-37)34(2)3/h5-6,8-9,11-12,14-15,17-18,20-22,24-25,34,36-38H,4,7,10,13,16,19,23,26-33H2,1-3H3,(H,42,44)(H,43,45). The van der Waals surface area contributed by atoms with Crippen LogP contribution in [-0.2, 0) is 25.5 Å². The molecule has 1 fully saturated rings. The van der Waals surface area contributed by atoms with Crippen molar-refractivity contribution in [1.29, 1.82) is 0 Å². The van der Waals surface area contributed by atoms with E-state index in [0.29, 0.717) is 24.7 Å². The number of hydrogen-bond donors (Lipinski definition) is 2. The lowest BCUT2D eigenvalue weighted by Crippen LogP contribution is -2.46. The second-order valence-corrected chi connectivity index (χ2v) is 12.7. The minimum absolute atomic E-state index is 0.0560. The number of ether oxygens (including phenoxy) is 1. The highest BCUT2D eigenvalue weighted by molar-refractivity contribution is 5.86. The fourth-order valence-electron chi connectivity index (χ4n) is 5.66. The van der Waals surface area contributed by atoms with Gasteiger partial charge in [-0.15, -0.1) is 0 Å². The van der Waals surface area contributed by atoms with Crippen molar-refractivity contribution < 1.29 is 19.1 Å². The van der Waals surface area contributed by atoms with Crippen LogP contribution < -0.4 is 10.6 Å². The molecule has 47 heavy (non-hydrogen) atoms. The third-order valence-electron chi connectivity index (χ3n) is 8.57. The van der Waals surface area contributed by atoms with Crippen molar-refractivity contribution in [2.75, 3.05) is 13.2 Å². The summed E-state index contributed by atoms with van der Waals surface area (Å²) in [5, 5.41) is 5.82. The maximum atomic E-state index is 13.1. The Kier molecular flexibility index (Phi) is 21.4. The number of rotatable bonds is 22. The zero-order chi connectivity index (χ0) is 34.0. The highest BCUT2D eigenvalue weighted by Gasteiger charge is 2.31. The number of carbonyl (C=O) groups excluding carboxylic acids is 3. The summed E-state index contributed by atoms with van der Waals surface area (Å²) in [6.45, 7) is 6.95. The van der Waals surface area contributed by atoms with Gasteiger partial charge in [0.1, 0.15) is 12.6 Å². The highest BCUT2D eigenvalue weighted by atomic mass is 16.5. The lowest BCUT2D eigenvalue weighted by atomic mass is 9.76. The first-order valence-corrected chi connectivity index (χ1v) is 17.9. The maximum absolute atomic E-state index is 13.1. The molecule has 2 amide bonds. The van der Waals surface area contributed by atoms with Crippen molar-refractivity contribution in [2.45, 2.75) is 110 Å². The summed E-state index contributed by atoms with van der Waals surface area (Å²) in [5.41, 5.74) is 0.957. The molecule has 0 saturated heterocycles. The zero-order valence-electron chi connectivity index (χ0n) is 29.2. The minimum atomic E-state index is -0.758. The summed E-state index contributed by atoms with van der Waals surface area (Å²) in [5.74, 6) is 0.641. The Balaban J connectivity index is 1.60. The Labute approximate surface area is 284 Å². The number of unbranched alkanes of at least 4 members (excludes halogenated alkanes) is 1. The van der Waals surface area contributed by atoms with E-state index in [1.807, 2.05) is 30.3 Å². The van der Waals surface area contributed by atoms with Crippen molar-refractivity contribution in [3.8, 4) is 0 Å². The fraction of sp³-hybridized carbons (Fsp3) is 0.537. The van der Waals surface area contributed by atoms with E-state index in [-0.39, 0.29) is 30.9 Å². The maximum Gasteiger partial charge on any atom is 0.329 e. The molecule has 1 aliphatic carbocycles. The van der Waals surface area contributed by atoms with Crippen LogP contribution in [-0.4, -0.2) is 37.0 Å². The van der Waals surface area contributed by atoms with Gasteiger partial charge >= 0.3 is 5.97 Å². The number of hydrogen-bond acceptors (Lipinski definition) is 4. The van der Waals surface area contributed by atoms with E-state index >= 15 is 0 Å². The van der Waals surface area contributed by atoms with Crippen molar-refractivity contribution >= 4 is 17.8 Å². The van der Waals surface area contributed by atoms with Gasteiger partial charge in [0.15, 0.2) is 0 Å². The summed E-state index contributed by atoms with van der Waals surface area (Å²) in [4.78, 5) is 38.4. The Morgan fingerprint density at radius 3 is 1.96 bits per heavy atom. The minimum Gasteiger partial charge on any atom is -0.462 e. The Morgan fingerprint density at radius 2 is 1.38 bits per heavy atom. The summed E-state index contributed by atoms with van der Waals surface area (Å²) in [6.07, 6.45) is 32.8. The van der Waals surface area contributed by atoms with E-state index < -0.39 is 12.0 Å². The lowest BCUT2D eigenvalue weighted by Gasteiger charge is -2.31. The third kappa shape index (κ3) is 18.9. The van der Waals surface area contributed by atoms with Gasteiger partial charge in [-0.05, 0) is 88.0 Å². The number of carbonyl (C=O) groups is 3. The smallest absolute Gasteiger partial charge is 0.329 e. The molecule has 6 heteroatoms. The molecule has 1 atom stereocenters. The second-order valence-electron chi connectivity index (χ2n) is 12.7. The molecule has 0 spiro atoms. The molecular weight excluding hydrogens is 584 g/mol. The predicted octanol–water partition coefficient (Wildman–Crippen LogP) is 8.76. The van der Waals surface area contributed by atoms with E-state index in [9.17, 15) is 14.4 Å². The first-order chi connectivity index (χ1) is 22.9. The molecule has 2 N–H and O–H groups in total. The molecule has 1 saturated carbocycles. The van der Waals surface area contributed by atoms with Gasteiger partial charge in [-0.1, -0.05) is 112 Å². The molecule has 1 aliphatic rings. The van der Waals surface area contributed by atoms with Crippen molar-refractivity contribution in [2.24, 2.45) is 17.8 Å². The number of benzene rings is 1. The van der Waals surface area contributed by atoms with Gasteiger partial charge in [0, 0.05) is 18.8 Å². The third-order valence-corrected chi connectivity index (χ3v) is 8.57. The SMILES string of the molecule is CCC=CCC=CCC=CCC=CCC=CCCCC(=O)NCCOC(=O)C(Cc1ccccc1)NC(=O)C1CCC(C(C)C)CC1. The molecule has 6 nitrogen and oxygen atoms in total. The Bertz CT molecular complexity index is 1160. The van der Waals surface area contributed by atoms with E-state index in [1.54, 1.807) is 0 Å². The van der Waals surface area contributed by atoms with Crippen molar-refractivity contribution in [3.63, 3.8) is 0 Å². The molecule has 1 unspecified atom stereocenters. The van der Waals surface area contributed by atoms with Crippen LogP contribution >= 0.6 is 0 Å². The van der Waals surface area contributed by atoms with Gasteiger partial charge < -0.3 is 15.4 Å². The van der Waals surface area contributed by atoms with Gasteiger partial charge in [-0.25, -0.2) is 4.79 Å². The Hall–Kier alpha value is -3.67. The fourth-order valence-corrected chi connectivity index (χ4v) is 5.66. The molecule has 0 bridgehead atoms. The first-order valence-electron chi connectivity index (χ1n) is 17.9. The molecule has 0 radical (unpaired) electrons. The molecule has 1 aromatic carbocycles. The summed E-state index contributed by atoms with van der Waals surface area (Å²) in [6, 6.07) is 8.90. The van der Waals surface area contributed by atoms with Crippen LogP contribution in [0.4, 0.5) is 0 Å². The summed E-state index contributed by atoms with van der Waals surface area (Å²) < 4.78 is 5.51. The normalized spacial score (nSPS) is 17.8. The van der Waals surface area contributed by atoms with Crippen LogP contribution in [0.5, 0.6) is 0 Å². The second kappa shape index (κ2) is 25.4. The number of amides is 2. The van der Waals surface area contributed by atoms with Crippen LogP contribution in [0, 0.1) is 17.8 Å². The predicted molar refractivity (Wildman–Crippen MR) is 195 cm³/mol. The van der Waals surface area contributed by atoms with Gasteiger partial charge in [0.05, 0.1) is 6.54 Å². The van der Waals surface area contributed by atoms with Crippen LogP contribution in [0.3, 0.4) is 0 Å². The van der Waals surface area contributed by atoms with E-state index in [2.05, 4.69) is 92.2 Å². The molecule has 0 aliphatic heterocycles. The molecule has 0 heterocycles. The van der Waals surface area contributed by atoms with E-state index in [1.165, 1.54) is 0 Å². The molecule has 2 rings (SSSR count). The van der Waals surface area contributed by atoms with Gasteiger partial charge in [-0.2, -0.15) is 0 Å². The molecule has 0 aromatic heterocycles. The zero-order valence-corrected chi connectivity index (χ0v) is 29.2. The highest BCUT2D eigenvalue weighted by Crippen LogP contribution is 2.33. The average molecular weight is 645 g/mol. The van der Waals surface area contributed by atoms with Crippen LogP contribution in [0.15, 0.2) is 91.1 Å². The van der Waals surface area contributed by atoms with Crippen LogP contribution in [0.2, 0.25) is 0 Å². The summed E-state index contributed by atoms with van der Waals surface area (Å²) in [7, 11) is 0. The molecule has 258 valence electrons. The molecular formula is C41H60N2O4. The summed E-state index contributed by atoms with van der Waals surface area (Å²) >= 11 is 0. The monoisotopic (exact) mass is 644 g/mol. The number of allylic oxidation sites excluding steroid dienone is 10. The van der Waals surface area contributed by atoms with Gasteiger partial charge in [-0.3, -0.25) is 9.59 Å². The van der Waals surface area contributed by atoms with E-state index in [0.717, 1.165) is 76.2 Å². The van der Waals surface area contributed by atoms with Crippen LogP contribution in [0.1, 0.15) is 103 Å². The topological polar surface area (TPSA) is 84.5 Å². The van der Waals surface area contributed by atoms with E-state index in [4.69, 9.17) is 4.74 Å². The quantitative estimate of drug-likeness (QED) is 0.0751. The Morgan fingerprint density at radius 1 is 0.809 bits per heavy atom. The average Bonchev–Trinajstić information content (AvgIpc) is 3.08. The number of esters is 1. The lowest BCUT2D eigenvalue weighted by molar-refractivity contribution is -0.148. The van der Waals surface area contributed by atoms with Crippen molar-refractivity contribution in [3.05, 3.63) is 96.7 Å². The van der Waals surface area contributed by atoms with Gasteiger partial charge in [0.2, 0.25) is 11.8 Å². The number of nitrogens with one attached hydrogen (secondary N) is 2. The van der Waals surface area contributed by atoms with Gasteiger partial charge in [0.25, 0.3) is 0 Å². The largest absolute Gasteiger partial charge is 0.462 e.